The Bertz CT molecular complexity index is 979. The number of hydrogen-bond donors (Lipinski definition) is 5. The molecule has 0 bridgehead atoms. The Hall–Kier alpha value is -3.78. The molecule has 7 nitrogen and oxygen atoms in total. The number of hydrazine groups is 1. The second kappa shape index (κ2) is 8.74. The summed E-state index contributed by atoms with van der Waals surface area (Å²) in [6, 6.07) is 20.2. The highest BCUT2D eigenvalue weighted by Crippen LogP contribution is 2.23. The monoisotopic (exact) mass is 395 g/mol. The van der Waals surface area contributed by atoms with Gasteiger partial charge in [0.1, 0.15) is 23.0 Å². The van der Waals surface area contributed by atoms with Crippen molar-refractivity contribution < 1.29 is 19.7 Å². The lowest BCUT2D eigenvalue weighted by Crippen LogP contribution is -2.43. The normalized spacial score (nSPS) is 10.0. The van der Waals surface area contributed by atoms with E-state index >= 15 is 0 Å². The minimum Gasteiger partial charge on any atom is -0.508 e. The topological polar surface area (TPSA) is 103 Å². The van der Waals surface area contributed by atoms with Crippen LogP contribution in [-0.2, 0) is 0 Å². The standard InChI is InChI=1S/C20H17N3O4S/c24-14-8-11-18(25)17(12-14)19(26)22-23-20(28)21-13-6-9-16(10-7-13)27-15-4-2-1-3-5-15/h1-12,24-25H,(H,22,26)(H2,21,23,28). The minimum atomic E-state index is -0.649. The first-order chi connectivity index (χ1) is 13.5. The number of carbonyl (C=O) groups excluding carboxylic acids is 1. The van der Waals surface area contributed by atoms with Gasteiger partial charge in [0.2, 0.25) is 0 Å². The molecule has 0 radical (unpaired) electrons. The smallest absolute Gasteiger partial charge is 0.273 e. The van der Waals surface area contributed by atoms with E-state index in [0.717, 1.165) is 11.8 Å². The van der Waals surface area contributed by atoms with Crippen molar-refractivity contribution in [2.24, 2.45) is 0 Å². The number of aromatic hydroxyl groups is 2. The molecule has 0 aliphatic heterocycles. The molecule has 0 atom stereocenters. The Balaban J connectivity index is 1.52. The number of para-hydroxylation sites is 1. The number of amides is 1. The Labute approximate surface area is 166 Å². The molecular weight excluding hydrogens is 378 g/mol. The predicted octanol–water partition coefficient (Wildman–Crippen LogP) is 3.52. The van der Waals surface area contributed by atoms with Gasteiger partial charge in [0, 0.05) is 5.69 Å². The number of nitrogens with one attached hydrogen (secondary N) is 3. The van der Waals surface area contributed by atoms with Gasteiger partial charge in [-0.3, -0.25) is 15.6 Å². The maximum atomic E-state index is 12.0. The molecule has 3 aromatic rings. The summed E-state index contributed by atoms with van der Waals surface area (Å²) < 4.78 is 5.71. The van der Waals surface area contributed by atoms with Gasteiger partial charge in [-0.1, -0.05) is 18.2 Å². The van der Waals surface area contributed by atoms with Gasteiger partial charge in [0.05, 0.1) is 5.56 Å². The van der Waals surface area contributed by atoms with Crippen molar-refractivity contribution in [3.63, 3.8) is 0 Å². The van der Waals surface area contributed by atoms with Crippen LogP contribution in [-0.4, -0.2) is 21.2 Å². The highest BCUT2D eigenvalue weighted by atomic mass is 32.1. The lowest BCUT2D eigenvalue weighted by Gasteiger charge is -2.13. The second-order valence-electron chi connectivity index (χ2n) is 5.67. The van der Waals surface area contributed by atoms with Gasteiger partial charge < -0.3 is 20.3 Å². The molecule has 0 spiro atoms. The number of ether oxygens (including phenoxy) is 1. The van der Waals surface area contributed by atoms with Gasteiger partial charge in [0.15, 0.2) is 5.11 Å². The summed E-state index contributed by atoms with van der Waals surface area (Å²) in [6.07, 6.45) is 0. The Kier molecular flexibility index (Phi) is 5.93. The zero-order valence-corrected chi connectivity index (χ0v) is 15.4. The van der Waals surface area contributed by atoms with Crippen LogP contribution in [0.15, 0.2) is 72.8 Å². The zero-order valence-electron chi connectivity index (χ0n) is 14.5. The van der Waals surface area contributed by atoms with Crippen molar-refractivity contribution in [1.29, 1.82) is 0 Å². The first-order valence-electron chi connectivity index (χ1n) is 8.23. The highest BCUT2D eigenvalue weighted by Gasteiger charge is 2.12. The third-order valence-corrected chi connectivity index (χ3v) is 3.81. The third-order valence-electron chi connectivity index (χ3n) is 3.61. The van der Waals surface area contributed by atoms with E-state index in [2.05, 4.69) is 16.2 Å². The summed E-state index contributed by atoms with van der Waals surface area (Å²) in [4.78, 5) is 12.0. The molecule has 3 aromatic carbocycles. The Morgan fingerprint density at radius 1 is 0.857 bits per heavy atom. The zero-order chi connectivity index (χ0) is 19.9. The maximum Gasteiger partial charge on any atom is 0.273 e. The van der Waals surface area contributed by atoms with Crippen LogP contribution in [0.4, 0.5) is 5.69 Å². The molecule has 0 aliphatic rings. The van der Waals surface area contributed by atoms with Crippen LogP contribution in [0, 0.1) is 0 Å². The van der Waals surface area contributed by atoms with Gasteiger partial charge in [0.25, 0.3) is 5.91 Å². The number of phenolic OH excluding ortho intramolecular Hbond substituents is 2. The van der Waals surface area contributed by atoms with Crippen molar-refractivity contribution in [3.8, 4) is 23.0 Å². The molecule has 0 fully saturated rings. The van der Waals surface area contributed by atoms with E-state index in [0.29, 0.717) is 11.4 Å². The number of rotatable bonds is 4. The van der Waals surface area contributed by atoms with Crippen LogP contribution >= 0.6 is 12.2 Å². The summed E-state index contributed by atoms with van der Waals surface area (Å²) in [7, 11) is 0. The van der Waals surface area contributed by atoms with Crippen molar-refractivity contribution in [2.75, 3.05) is 5.32 Å². The quantitative estimate of drug-likeness (QED) is 0.262. The van der Waals surface area contributed by atoms with Crippen LogP contribution in [0.3, 0.4) is 0 Å². The summed E-state index contributed by atoms with van der Waals surface area (Å²) >= 11 is 5.12. The Morgan fingerprint density at radius 3 is 2.25 bits per heavy atom. The Morgan fingerprint density at radius 2 is 1.54 bits per heavy atom. The summed E-state index contributed by atoms with van der Waals surface area (Å²) in [5.74, 6) is 0.359. The van der Waals surface area contributed by atoms with Gasteiger partial charge in [-0.2, -0.15) is 0 Å². The molecule has 0 saturated carbocycles. The molecule has 8 heteroatoms. The van der Waals surface area contributed by atoms with E-state index in [-0.39, 0.29) is 22.2 Å². The van der Waals surface area contributed by atoms with Crippen molar-refractivity contribution in [3.05, 3.63) is 78.4 Å². The van der Waals surface area contributed by atoms with Crippen LogP contribution in [0.25, 0.3) is 0 Å². The van der Waals surface area contributed by atoms with E-state index in [1.807, 2.05) is 30.3 Å². The minimum absolute atomic E-state index is 0.0855. The fourth-order valence-electron chi connectivity index (χ4n) is 2.28. The average molecular weight is 395 g/mol. The van der Waals surface area contributed by atoms with E-state index in [1.54, 1.807) is 24.3 Å². The molecule has 0 aliphatic carbocycles. The molecule has 142 valence electrons. The number of benzene rings is 3. The molecule has 0 unspecified atom stereocenters. The lowest BCUT2D eigenvalue weighted by molar-refractivity contribution is 0.0941. The molecular formula is C20H17N3O4S. The van der Waals surface area contributed by atoms with Crippen LogP contribution in [0.5, 0.6) is 23.0 Å². The van der Waals surface area contributed by atoms with Gasteiger partial charge in [-0.15, -0.1) is 0 Å². The van der Waals surface area contributed by atoms with Crippen LogP contribution in [0.1, 0.15) is 10.4 Å². The summed E-state index contributed by atoms with van der Waals surface area (Å²) in [6.45, 7) is 0. The first kappa shape index (κ1) is 19.0. The van der Waals surface area contributed by atoms with E-state index in [4.69, 9.17) is 17.0 Å². The van der Waals surface area contributed by atoms with Crippen LogP contribution in [0.2, 0.25) is 0 Å². The van der Waals surface area contributed by atoms with Gasteiger partial charge in [-0.05, 0) is 66.8 Å². The molecule has 3 rings (SSSR count). The molecule has 0 saturated heterocycles. The van der Waals surface area contributed by atoms with Crippen molar-refractivity contribution >= 4 is 28.9 Å². The van der Waals surface area contributed by atoms with Crippen molar-refractivity contribution in [1.82, 2.24) is 10.9 Å². The fraction of sp³-hybridized carbons (Fsp3) is 0. The number of carbonyl (C=O) groups is 1. The SMILES string of the molecule is O=C(NNC(=S)Nc1ccc(Oc2ccccc2)cc1)c1cc(O)ccc1O. The van der Waals surface area contributed by atoms with Gasteiger partial charge in [-0.25, -0.2) is 0 Å². The molecule has 5 N–H and O–H groups in total. The number of hydrogen-bond acceptors (Lipinski definition) is 5. The van der Waals surface area contributed by atoms with Crippen LogP contribution < -0.4 is 20.9 Å². The molecule has 28 heavy (non-hydrogen) atoms. The largest absolute Gasteiger partial charge is 0.508 e. The average Bonchev–Trinajstić information content (AvgIpc) is 2.70. The maximum absolute atomic E-state index is 12.0. The number of phenols is 2. The highest BCUT2D eigenvalue weighted by molar-refractivity contribution is 7.80. The number of thiocarbonyl (C=S) groups is 1. The molecule has 0 aromatic heterocycles. The second-order valence-corrected chi connectivity index (χ2v) is 6.08. The van der Waals surface area contributed by atoms with E-state index < -0.39 is 5.91 Å². The van der Waals surface area contributed by atoms with E-state index in [9.17, 15) is 15.0 Å². The summed E-state index contributed by atoms with van der Waals surface area (Å²) in [5.41, 5.74) is 5.47. The summed E-state index contributed by atoms with van der Waals surface area (Å²) in [5, 5.41) is 22.1. The molecule has 0 heterocycles. The lowest BCUT2D eigenvalue weighted by atomic mass is 10.2. The van der Waals surface area contributed by atoms with E-state index in [1.165, 1.54) is 12.1 Å². The number of anilines is 1. The first-order valence-corrected chi connectivity index (χ1v) is 8.64. The third kappa shape index (κ3) is 5.12. The van der Waals surface area contributed by atoms with Crippen molar-refractivity contribution in [2.45, 2.75) is 0 Å². The predicted molar refractivity (Wildman–Crippen MR) is 110 cm³/mol. The fourth-order valence-corrected chi connectivity index (χ4v) is 2.45. The molecule has 1 amide bonds. The van der Waals surface area contributed by atoms with Gasteiger partial charge >= 0.3 is 0 Å².